The minimum absolute atomic E-state index is 0.124. The van der Waals surface area contributed by atoms with Crippen molar-refractivity contribution in [3.8, 4) is 5.69 Å². The third kappa shape index (κ3) is 4.22. The maximum absolute atomic E-state index is 12.4. The van der Waals surface area contributed by atoms with Gasteiger partial charge in [0.1, 0.15) is 12.0 Å². The van der Waals surface area contributed by atoms with Gasteiger partial charge in [-0.25, -0.2) is 18.4 Å². The third-order valence-corrected chi connectivity index (χ3v) is 4.06. The number of H-pyrrole nitrogens is 1. The number of aromatic nitrogens is 4. The molecule has 1 amide bonds. The Balaban J connectivity index is 1.71. The number of fused-ring (bicyclic) bond motifs is 1. The molecule has 0 aliphatic heterocycles. The molecule has 0 fully saturated rings. The Morgan fingerprint density at radius 1 is 1.32 bits per heavy atom. The molecule has 2 heterocycles. The van der Waals surface area contributed by atoms with Crippen molar-refractivity contribution in [2.75, 3.05) is 18.5 Å². The van der Waals surface area contributed by atoms with Crippen LogP contribution < -0.4 is 10.9 Å². The number of carbonyl (C=O) groups excluding carboxylic acids is 1. The van der Waals surface area contributed by atoms with E-state index in [-0.39, 0.29) is 18.1 Å². The molecule has 28 heavy (non-hydrogen) atoms. The van der Waals surface area contributed by atoms with E-state index >= 15 is 0 Å². The van der Waals surface area contributed by atoms with Gasteiger partial charge in [0.2, 0.25) is 5.91 Å². The molecule has 0 saturated heterocycles. The van der Waals surface area contributed by atoms with Crippen LogP contribution in [0.2, 0.25) is 0 Å². The summed E-state index contributed by atoms with van der Waals surface area (Å²) in [5.41, 5.74) is 0.342. The molecule has 148 valence electrons. The number of hydrogen-bond acceptors (Lipinski definition) is 5. The van der Waals surface area contributed by atoms with Crippen LogP contribution in [0, 0.1) is 5.41 Å². The average Bonchev–Trinajstić information content (AvgIpc) is 3.07. The topological polar surface area (TPSA) is 102 Å². The lowest BCUT2D eigenvalue weighted by atomic mass is 9.93. The van der Waals surface area contributed by atoms with E-state index in [4.69, 9.17) is 4.74 Å². The van der Waals surface area contributed by atoms with E-state index in [0.717, 1.165) is 0 Å². The minimum atomic E-state index is -2.57. The standard InChI is InChI=1S/C18H19F2N5O3/c1-18(2,9-28-8-14(19)20)17(27)24-11-3-5-12(6-4-11)25-15-13(7-23-25)16(26)22-10-21-15/h3-7,10,14H,8-9H2,1-2H3,(H,24,27)(H,21,22,26). The molecule has 0 spiro atoms. The summed E-state index contributed by atoms with van der Waals surface area (Å²) in [5, 5.41) is 7.27. The van der Waals surface area contributed by atoms with Crippen LogP contribution in [0.15, 0.2) is 41.6 Å². The number of anilines is 1. The molecular weight excluding hydrogens is 372 g/mol. The van der Waals surface area contributed by atoms with Gasteiger partial charge in [-0.1, -0.05) is 0 Å². The summed E-state index contributed by atoms with van der Waals surface area (Å²) in [6, 6.07) is 6.77. The molecular formula is C18H19F2N5O3. The highest BCUT2D eigenvalue weighted by Crippen LogP contribution is 2.21. The van der Waals surface area contributed by atoms with Crippen LogP contribution >= 0.6 is 0 Å². The summed E-state index contributed by atoms with van der Waals surface area (Å²) in [4.78, 5) is 30.8. The number of hydrogen-bond donors (Lipinski definition) is 2. The van der Waals surface area contributed by atoms with Crippen LogP contribution in [0.3, 0.4) is 0 Å². The summed E-state index contributed by atoms with van der Waals surface area (Å²) in [6.07, 6.45) is 0.156. The third-order valence-electron chi connectivity index (χ3n) is 4.06. The molecule has 3 aromatic rings. The fourth-order valence-electron chi connectivity index (χ4n) is 2.50. The first kappa shape index (κ1) is 19.6. The first-order valence-electron chi connectivity index (χ1n) is 8.47. The van der Waals surface area contributed by atoms with Gasteiger partial charge in [0.15, 0.2) is 5.65 Å². The van der Waals surface area contributed by atoms with E-state index in [2.05, 4.69) is 20.4 Å². The van der Waals surface area contributed by atoms with Gasteiger partial charge >= 0.3 is 0 Å². The second-order valence-electron chi connectivity index (χ2n) is 6.82. The Morgan fingerprint density at radius 2 is 2.04 bits per heavy atom. The van der Waals surface area contributed by atoms with Crippen molar-refractivity contribution < 1.29 is 18.3 Å². The zero-order chi connectivity index (χ0) is 20.3. The molecule has 1 aromatic carbocycles. The maximum Gasteiger partial charge on any atom is 0.261 e. The summed E-state index contributed by atoms with van der Waals surface area (Å²) >= 11 is 0. The second-order valence-corrected chi connectivity index (χ2v) is 6.82. The van der Waals surface area contributed by atoms with E-state index in [1.165, 1.54) is 17.2 Å². The van der Waals surface area contributed by atoms with Crippen molar-refractivity contribution in [2.24, 2.45) is 5.41 Å². The van der Waals surface area contributed by atoms with Gasteiger partial charge < -0.3 is 15.0 Å². The van der Waals surface area contributed by atoms with Gasteiger partial charge in [0, 0.05) is 5.69 Å². The van der Waals surface area contributed by atoms with Gasteiger partial charge in [0.05, 0.1) is 30.2 Å². The van der Waals surface area contributed by atoms with E-state index in [1.54, 1.807) is 38.1 Å². The number of rotatable bonds is 7. The number of nitrogens with zero attached hydrogens (tertiary/aromatic N) is 3. The normalized spacial score (nSPS) is 11.9. The molecule has 0 aliphatic carbocycles. The number of halogens is 2. The predicted octanol–water partition coefficient (Wildman–Crippen LogP) is 2.36. The first-order valence-corrected chi connectivity index (χ1v) is 8.47. The Kier molecular flexibility index (Phi) is 5.50. The van der Waals surface area contributed by atoms with E-state index in [9.17, 15) is 18.4 Å². The number of aromatic amines is 1. The quantitative estimate of drug-likeness (QED) is 0.644. The lowest BCUT2D eigenvalue weighted by Crippen LogP contribution is -2.35. The number of amides is 1. The van der Waals surface area contributed by atoms with Gasteiger partial charge in [0.25, 0.3) is 12.0 Å². The van der Waals surface area contributed by atoms with Crippen molar-refractivity contribution in [1.82, 2.24) is 19.7 Å². The van der Waals surface area contributed by atoms with Crippen LogP contribution in [-0.4, -0.2) is 45.3 Å². The van der Waals surface area contributed by atoms with Crippen molar-refractivity contribution in [2.45, 2.75) is 20.3 Å². The van der Waals surface area contributed by atoms with Gasteiger partial charge in [-0.05, 0) is 38.1 Å². The zero-order valence-corrected chi connectivity index (χ0v) is 15.3. The number of nitrogens with one attached hydrogen (secondary N) is 2. The van der Waals surface area contributed by atoms with Crippen molar-refractivity contribution in [1.29, 1.82) is 0 Å². The van der Waals surface area contributed by atoms with Gasteiger partial charge in [-0.15, -0.1) is 0 Å². The smallest absolute Gasteiger partial charge is 0.261 e. The average molecular weight is 391 g/mol. The summed E-state index contributed by atoms with van der Waals surface area (Å²) in [5.74, 6) is -0.354. The lowest BCUT2D eigenvalue weighted by molar-refractivity contribution is -0.128. The monoisotopic (exact) mass is 391 g/mol. The van der Waals surface area contributed by atoms with E-state index in [0.29, 0.717) is 22.4 Å². The van der Waals surface area contributed by atoms with Crippen LogP contribution in [-0.2, 0) is 9.53 Å². The number of benzene rings is 1. The van der Waals surface area contributed by atoms with Crippen molar-refractivity contribution in [3.05, 3.63) is 47.1 Å². The summed E-state index contributed by atoms with van der Waals surface area (Å²) in [7, 11) is 0. The molecule has 0 aliphatic rings. The highest BCUT2D eigenvalue weighted by Gasteiger charge is 2.28. The molecule has 0 saturated carbocycles. The molecule has 0 bridgehead atoms. The van der Waals surface area contributed by atoms with E-state index < -0.39 is 18.4 Å². The largest absolute Gasteiger partial charge is 0.374 e. The molecule has 8 nitrogen and oxygen atoms in total. The number of alkyl halides is 2. The van der Waals surface area contributed by atoms with E-state index in [1.807, 2.05) is 0 Å². The molecule has 3 rings (SSSR count). The van der Waals surface area contributed by atoms with Crippen LogP contribution in [0.5, 0.6) is 0 Å². The number of carbonyl (C=O) groups is 1. The van der Waals surface area contributed by atoms with Gasteiger partial charge in [-0.2, -0.15) is 5.10 Å². The molecule has 0 atom stereocenters. The van der Waals surface area contributed by atoms with Crippen molar-refractivity contribution >= 4 is 22.6 Å². The Bertz CT molecular complexity index is 1030. The fraction of sp³-hybridized carbons (Fsp3) is 0.333. The SMILES string of the molecule is CC(C)(COCC(F)F)C(=O)Nc1ccc(-n2ncc3c(=O)[nH]cnc32)cc1. The molecule has 0 radical (unpaired) electrons. The van der Waals surface area contributed by atoms with Crippen LogP contribution in [0.4, 0.5) is 14.5 Å². The maximum atomic E-state index is 12.4. The Hall–Kier alpha value is -3.14. The number of ether oxygens (including phenoxy) is 1. The summed E-state index contributed by atoms with van der Waals surface area (Å²) in [6.45, 7) is 2.39. The minimum Gasteiger partial charge on any atom is -0.374 e. The molecule has 2 N–H and O–H groups in total. The molecule has 10 heteroatoms. The first-order chi connectivity index (χ1) is 13.3. The molecule has 2 aromatic heterocycles. The van der Waals surface area contributed by atoms with Crippen molar-refractivity contribution in [3.63, 3.8) is 0 Å². The Labute approximate surface area is 158 Å². The van der Waals surface area contributed by atoms with Crippen LogP contribution in [0.25, 0.3) is 16.7 Å². The molecule has 0 unspecified atom stereocenters. The zero-order valence-electron chi connectivity index (χ0n) is 15.3. The highest BCUT2D eigenvalue weighted by molar-refractivity contribution is 5.95. The predicted molar refractivity (Wildman–Crippen MR) is 98.7 cm³/mol. The van der Waals surface area contributed by atoms with Gasteiger partial charge in [-0.3, -0.25) is 9.59 Å². The summed E-state index contributed by atoms with van der Waals surface area (Å²) < 4.78 is 30.7. The fourth-order valence-corrected chi connectivity index (χ4v) is 2.50. The van der Waals surface area contributed by atoms with Crippen LogP contribution in [0.1, 0.15) is 13.8 Å². The Morgan fingerprint density at radius 3 is 2.71 bits per heavy atom. The lowest BCUT2D eigenvalue weighted by Gasteiger charge is -2.23. The highest BCUT2D eigenvalue weighted by atomic mass is 19.3. The second kappa shape index (κ2) is 7.85.